The molecule has 2 aromatic rings. The topological polar surface area (TPSA) is 80.1 Å². The second kappa shape index (κ2) is 7.79. The Kier molecular flexibility index (Phi) is 5.51. The van der Waals surface area contributed by atoms with Crippen LogP contribution in [0.5, 0.6) is 0 Å². The maximum absolute atomic E-state index is 12.8. The van der Waals surface area contributed by atoms with Gasteiger partial charge in [-0.15, -0.1) is 4.91 Å². The average Bonchev–Trinajstić information content (AvgIpc) is 2.55. The second-order valence-electron chi connectivity index (χ2n) is 4.45. The van der Waals surface area contributed by atoms with Crippen molar-refractivity contribution in [2.75, 3.05) is 11.9 Å². The number of hydrogen-bond donors (Lipinski definition) is 1. The van der Waals surface area contributed by atoms with Crippen LogP contribution in [0.15, 0.2) is 52.6 Å². The highest BCUT2D eigenvalue weighted by molar-refractivity contribution is 5.90. The van der Waals surface area contributed by atoms with Gasteiger partial charge in [0.05, 0.1) is 18.0 Å². The number of nitrogens with one attached hydrogen (secondary N) is 1. The van der Waals surface area contributed by atoms with Gasteiger partial charge >= 0.3 is 6.09 Å². The number of anilines is 1. The number of halogens is 1. The van der Waals surface area contributed by atoms with Gasteiger partial charge in [0.25, 0.3) is 0 Å². The first-order valence-electron chi connectivity index (χ1n) is 6.83. The van der Waals surface area contributed by atoms with E-state index in [0.717, 1.165) is 0 Å². The Hall–Kier alpha value is -3.09. The van der Waals surface area contributed by atoms with Gasteiger partial charge in [-0.05, 0) is 48.0 Å². The van der Waals surface area contributed by atoms with Gasteiger partial charge < -0.3 is 4.74 Å². The van der Waals surface area contributed by atoms with Gasteiger partial charge in [-0.1, -0.05) is 12.1 Å². The summed E-state index contributed by atoms with van der Waals surface area (Å²) in [5.74, 6) is -0.330. The Morgan fingerprint density at radius 2 is 2.00 bits per heavy atom. The van der Waals surface area contributed by atoms with Gasteiger partial charge in [0.1, 0.15) is 11.5 Å². The molecule has 23 heavy (non-hydrogen) atoms. The smallest absolute Gasteiger partial charge is 0.411 e. The zero-order valence-corrected chi connectivity index (χ0v) is 12.3. The van der Waals surface area contributed by atoms with Crippen LogP contribution in [0.4, 0.5) is 26.2 Å². The van der Waals surface area contributed by atoms with Crippen molar-refractivity contribution >= 4 is 29.4 Å². The van der Waals surface area contributed by atoms with E-state index in [2.05, 4.69) is 15.5 Å². The number of nitrogens with zero attached hydrogens (tertiary/aromatic N) is 2. The first-order valence-corrected chi connectivity index (χ1v) is 6.83. The van der Waals surface area contributed by atoms with Crippen LogP contribution in [0.3, 0.4) is 0 Å². The molecule has 0 bridgehead atoms. The third kappa shape index (κ3) is 4.70. The van der Waals surface area contributed by atoms with Crippen LogP contribution in [-0.2, 0) is 4.74 Å². The maximum atomic E-state index is 12.8. The fraction of sp³-hybridized carbons (Fsp3) is 0.125. The summed E-state index contributed by atoms with van der Waals surface area (Å²) in [5.41, 5.74) is 1.45. The monoisotopic (exact) mass is 315 g/mol. The molecule has 0 saturated heterocycles. The lowest BCUT2D eigenvalue weighted by atomic mass is 10.2. The van der Waals surface area contributed by atoms with Crippen LogP contribution in [0.1, 0.15) is 12.5 Å². The fourth-order valence-corrected chi connectivity index (χ4v) is 1.76. The Labute approximate surface area is 132 Å². The molecule has 0 radical (unpaired) electrons. The maximum Gasteiger partial charge on any atom is 0.411 e. The predicted molar refractivity (Wildman–Crippen MR) is 86.2 cm³/mol. The molecule has 0 aliphatic rings. The van der Waals surface area contributed by atoms with Crippen LogP contribution >= 0.6 is 0 Å². The first kappa shape index (κ1) is 16.3. The van der Waals surface area contributed by atoms with Crippen molar-refractivity contribution in [1.29, 1.82) is 0 Å². The summed E-state index contributed by atoms with van der Waals surface area (Å²) in [6.07, 6.45) is 0.863. The molecule has 0 heterocycles. The fourth-order valence-electron chi connectivity index (χ4n) is 1.76. The van der Waals surface area contributed by atoms with Crippen molar-refractivity contribution in [2.24, 2.45) is 10.2 Å². The minimum absolute atomic E-state index is 0.0341. The third-order valence-electron chi connectivity index (χ3n) is 2.82. The highest BCUT2D eigenvalue weighted by Gasteiger charge is 2.08. The van der Waals surface area contributed by atoms with Gasteiger partial charge in [0, 0.05) is 6.21 Å². The van der Waals surface area contributed by atoms with E-state index in [1.54, 1.807) is 25.1 Å². The molecule has 0 fully saturated rings. The van der Waals surface area contributed by atoms with E-state index in [-0.39, 0.29) is 23.8 Å². The highest BCUT2D eigenvalue weighted by atomic mass is 19.1. The molecule has 7 heteroatoms. The number of hydrogen-bond acceptors (Lipinski definition) is 5. The van der Waals surface area contributed by atoms with Crippen LogP contribution in [0, 0.1) is 10.7 Å². The summed E-state index contributed by atoms with van der Waals surface area (Å²) >= 11 is 0. The third-order valence-corrected chi connectivity index (χ3v) is 2.82. The van der Waals surface area contributed by atoms with E-state index >= 15 is 0 Å². The number of rotatable bonds is 5. The van der Waals surface area contributed by atoms with E-state index in [1.807, 2.05) is 0 Å². The van der Waals surface area contributed by atoms with Crippen LogP contribution in [0.25, 0.3) is 0 Å². The number of carbonyl (C=O) groups excluding carboxylic acids is 1. The molecule has 0 aromatic heterocycles. The molecule has 118 valence electrons. The normalized spacial score (nSPS) is 10.5. The van der Waals surface area contributed by atoms with Crippen molar-refractivity contribution in [2.45, 2.75) is 6.92 Å². The van der Waals surface area contributed by atoms with Crippen molar-refractivity contribution in [3.63, 3.8) is 0 Å². The molecular weight excluding hydrogens is 301 g/mol. The predicted octanol–water partition coefficient (Wildman–Crippen LogP) is 4.54. The lowest BCUT2D eigenvalue weighted by molar-refractivity contribution is 0.168. The molecule has 1 N–H and O–H groups in total. The summed E-state index contributed by atoms with van der Waals surface area (Å²) in [6, 6.07) is 10.3. The summed E-state index contributed by atoms with van der Waals surface area (Å²) in [4.78, 5) is 26.4. The number of amides is 1. The molecule has 0 atom stereocenters. The lowest BCUT2D eigenvalue weighted by Gasteiger charge is -2.07. The summed E-state index contributed by atoms with van der Waals surface area (Å²) in [6.45, 7) is 1.89. The van der Waals surface area contributed by atoms with Gasteiger partial charge in [-0.2, -0.15) is 0 Å². The zero-order chi connectivity index (χ0) is 16.7. The minimum atomic E-state index is -0.667. The molecule has 2 rings (SSSR count). The van der Waals surface area contributed by atoms with E-state index in [1.165, 1.54) is 30.5 Å². The number of aliphatic imine (C=N–C) groups is 1. The Morgan fingerprint density at radius 3 is 2.65 bits per heavy atom. The standard InChI is InChI=1S/C16H14FN3O3/c1-2-23-16(21)19-14-8-7-13(9-15(14)20-22)18-10-11-3-5-12(17)6-4-11/h3-10H,2H2,1H3,(H,19,21). The molecule has 6 nitrogen and oxygen atoms in total. The van der Waals surface area contributed by atoms with Crippen LogP contribution in [0.2, 0.25) is 0 Å². The van der Waals surface area contributed by atoms with Crippen LogP contribution < -0.4 is 5.32 Å². The summed E-state index contributed by atoms with van der Waals surface area (Å²) in [7, 11) is 0. The summed E-state index contributed by atoms with van der Waals surface area (Å²) < 4.78 is 17.6. The number of benzene rings is 2. The Balaban J connectivity index is 2.16. The van der Waals surface area contributed by atoms with Crippen LogP contribution in [-0.4, -0.2) is 18.9 Å². The molecular formula is C16H14FN3O3. The largest absolute Gasteiger partial charge is 0.450 e. The number of nitroso groups, excluding NO2 is 1. The quantitative estimate of drug-likeness (QED) is 0.649. The van der Waals surface area contributed by atoms with Gasteiger partial charge in [-0.25, -0.2) is 9.18 Å². The molecule has 0 unspecified atom stereocenters. The lowest BCUT2D eigenvalue weighted by Crippen LogP contribution is -2.13. The Bertz CT molecular complexity index is 730. The van der Waals surface area contributed by atoms with Crippen molar-refractivity contribution in [1.82, 2.24) is 0 Å². The molecule has 1 amide bonds. The second-order valence-corrected chi connectivity index (χ2v) is 4.45. The SMILES string of the molecule is CCOC(=O)Nc1ccc(N=Cc2ccc(F)cc2)cc1N=O. The van der Waals surface area contributed by atoms with Crippen molar-refractivity contribution in [3.05, 3.63) is 58.8 Å². The Morgan fingerprint density at radius 1 is 1.26 bits per heavy atom. The van der Waals surface area contributed by atoms with E-state index < -0.39 is 6.09 Å². The van der Waals surface area contributed by atoms with Gasteiger partial charge in [0.2, 0.25) is 0 Å². The van der Waals surface area contributed by atoms with Crippen molar-refractivity contribution in [3.8, 4) is 0 Å². The van der Waals surface area contributed by atoms with Gasteiger partial charge in [-0.3, -0.25) is 10.3 Å². The molecule has 0 spiro atoms. The zero-order valence-electron chi connectivity index (χ0n) is 12.3. The molecule has 0 aliphatic carbocycles. The summed E-state index contributed by atoms with van der Waals surface area (Å²) in [5, 5.41) is 5.29. The van der Waals surface area contributed by atoms with E-state index in [9.17, 15) is 14.1 Å². The minimum Gasteiger partial charge on any atom is -0.450 e. The number of carbonyl (C=O) groups is 1. The first-order chi connectivity index (χ1) is 11.1. The van der Waals surface area contributed by atoms with Crippen molar-refractivity contribution < 1.29 is 13.9 Å². The molecule has 0 saturated carbocycles. The van der Waals surface area contributed by atoms with Gasteiger partial charge in [0.15, 0.2) is 0 Å². The van der Waals surface area contributed by atoms with E-state index in [0.29, 0.717) is 11.3 Å². The molecule has 2 aromatic carbocycles. The highest BCUT2D eigenvalue weighted by Crippen LogP contribution is 2.29. The average molecular weight is 315 g/mol. The van der Waals surface area contributed by atoms with E-state index in [4.69, 9.17) is 4.74 Å². The number of ether oxygens (including phenoxy) is 1. The molecule has 0 aliphatic heterocycles.